The predicted molar refractivity (Wildman–Crippen MR) is 120 cm³/mol. The van der Waals surface area contributed by atoms with Gasteiger partial charge in [-0.25, -0.2) is 10.2 Å². The van der Waals surface area contributed by atoms with Crippen molar-refractivity contribution < 1.29 is 19.1 Å². The van der Waals surface area contributed by atoms with E-state index in [0.717, 1.165) is 0 Å². The molecule has 0 heterocycles. The smallest absolute Gasteiger partial charge is 0.343 e. The van der Waals surface area contributed by atoms with E-state index < -0.39 is 18.0 Å². The molecule has 31 heavy (non-hydrogen) atoms. The fourth-order valence-corrected chi connectivity index (χ4v) is 2.66. The normalized spacial score (nSPS) is 11.7. The second kappa shape index (κ2) is 10.6. The SMILES string of the molecule is CC(Oc1ccc(Cl)cc1)C(=O)NN=Cc1ccc(OC(=O)c2ccc(Cl)cc2)cc1. The summed E-state index contributed by atoms with van der Waals surface area (Å²) in [6, 6.07) is 19.8. The van der Waals surface area contributed by atoms with E-state index in [-0.39, 0.29) is 0 Å². The van der Waals surface area contributed by atoms with Crippen LogP contribution in [-0.2, 0) is 4.79 Å². The van der Waals surface area contributed by atoms with Gasteiger partial charge in [-0.1, -0.05) is 23.2 Å². The lowest BCUT2D eigenvalue weighted by molar-refractivity contribution is -0.127. The molecular formula is C23H18Cl2N2O4. The Labute approximate surface area is 189 Å². The van der Waals surface area contributed by atoms with Crippen molar-refractivity contribution in [2.75, 3.05) is 0 Å². The predicted octanol–water partition coefficient (Wildman–Crippen LogP) is 5.13. The van der Waals surface area contributed by atoms with Crippen LogP contribution in [0.15, 0.2) is 77.9 Å². The van der Waals surface area contributed by atoms with Crippen LogP contribution in [0.1, 0.15) is 22.8 Å². The van der Waals surface area contributed by atoms with Gasteiger partial charge >= 0.3 is 5.97 Å². The van der Waals surface area contributed by atoms with Gasteiger partial charge in [0.05, 0.1) is 11.8 Å². The molecule has 0 bridgehead atoms. The maximum atomic E-state index is 12.1. The van der Waals surface area contributed by atoms with Gasteiger partial charge in [0.15, 0.2) is 6.10 Å². The van der Waals surface area contributed by atoms with E-state index in [4.69, 9.17) is 32.7 Å². The third kappa shape index (κ3) is 6.84. The number of nitrogens with one attached hydrogen (secondary N) is 1. The monoisotopic (exact) mass is 456 g/mol. The zero-order valence-corrected chi connectivity index (χ0v) is 17.9. The van der Waals surface area contributed by atoms with E-state index in [1.54, 1.807) is 79.7 Å². The quantitative estimate of drug-likeness (QED) is 0.231. The Morgan fingerprint density at radius 3 is 2.03 bits per heavy atom. The van der Waals surface area contributed by atoms with Crippen molar-refractivity contribution in [3.63, 3.8) is 0 Å². The molecule has 1 unspecified atom stereocenters. The van der Waals surface area contributed by atoms with Crippen molar-refractivity contribution in [3.8, 4) is 11.5 Å². The zero-order chi connectivity index (χ0) is 22.2. The van der Waals surface area contributed by atoms with Crippen LogP contribution >= 0.6 is 23.2 Å². The van der Waals surface area contributed by atoms with Crippen LogP contribution in [0.3, 0.4) is 0 Å². The summed E-state index contributed by atoms with van der Waals surface area (Å²) in [5.41, 5.74) is 3.52. The summed E-state index contributed by atoms with van der Waals surface area (Å²) >= 11 is 11.6. The number of hydrogen-bond acceptors (Lipinski definition) is 5. The highest BCUT2D eigenvalue weighted by Crippen LogP contribution is 2.17. The Hall–Kier alpha value is -3.35. The van der Waals surface area contributed by atoms with E-state index in [9.17, 15) is 9.59 Å². The molecular weight excluding hydrogens is 439 g/mol. The van der Waals surface area contributed by atoms with Gasteiger partial charge in [0.1, 0.15) is 11.5 Å². The molecule has 0 aliphatic rings. The first-order valence-corrected chi connectivity index (χ1v) is 9.99. The molecule has 1 atom stereocenters. The lowest BCUT2D eigenvalue weighted by Crippen LogP contribution is -2.33. The van der Waals surface area contributed by atoms with Gasteiger partial charge in [0.25, 0.3) is 5.91 Å². The molecule has 0 radical (unpaired) electrons. The number of carbonyl (C=O) groups is 2. The number of hydrazone groups is 1. The Morgan fingerprint density at radius 1 is 0.871 bits per heavy atom. The van der Waals surface area contributed by atoms with Crippen molar-refractivity contribution in [2.45, 2.75) is 13.0 Å². The van der Waals surface area contributed by atoms with Crippen LogP contribution in [-0.4, -0.2) is 24.2 Å². The van der Waals surface area contributed by atoms with Gasteiger partial charge in [-0.3, -0.25) is 4.79 Å². The van der Waals surface area contributed by atoms with Crippen LogP contribution in [0.2, 0.25) is 10.0 Å². The fraction of sp³-hybridized carbons (Fsp3) is 0.0870. The molecule has 8 heteroatoms. The van der Waals surface area contributed by atoms with Crippen LogP contribution in [0.25, 0.3) is 0 Å². The molecule has 0 aliphatic heterocycles. The first kappa shape index (κ1) is 22.3. The molecule has 0 aliphatic carbocycles. The molecule has 6 nitrogen and oxygen atoms in total. The zero-order valence-electron chi connectivity index (χ0n) is 16.4. The summed E-state index contributed by atoms with van der Waals surface area (Å²) in [4.78, 5) is 24.2. The van der Waals surface area contributed by atoms with Gasteiger partial charge in [0.2, 0.25) is 0 Å². The Bertz CT molecular complexity index is 1070. The molecule has 0 spiro atoms. The number of nitrogens with zero attached hydrogens (tertiary/aromatic N) is 1. The van der Waals surface area contributed by atoms with Crippen molar-refractivity contribution in [1.82, 2.24) is 5.43 Å². The number of benzene rings is 3. The van der Waals surface area contributed by atoms with Crippen LogP contribution in [0.5, 0.6) is 11.5 Å². The molecule has 158 valence electrons. The third-order valence-corrected chi connectivity index (χ3v) is 4.56. The van der Waals surface area contributed by atoms with Gasteiger partial charge in [-0.15, -0.1) is 0 Å². The molecule has 1 amide bonds. The average Bonchev–Trinajstić information content (AvgIpc) is 2.77. The Kier molecular flexibility index (Phi) is 7.65. The van der Waals surface area contributed by atoms with Gasteiger partial charge < -0.3 is 9.47 Å². The highest BCUT2D eigenvalue weighted by Gasteiger charge is 2.13. The topological polar surface area (TPSA) is 77.0 Å². The van der Waals surface area contributed by atoms with Gasteiger partial charge in [0, 0.05) is 10.0 Å². The minimum atomic E-state index is -0.743. The summed E-state index contributed by atoms with van der Waals surface area (Å²) in [6.45, 7) is 1.61. The first-order chi connectivity index (χ1) is 14.9. The van der Waals surface area contributed by atoms with Crippen LogP contribution < -0.4 is 14.9 Å². The van der Waals surface area contributed by atoms with Crippen LogP contribution in [0.4, 0.5) is 0 Å². The lowest BCUT2D eigenvalue weighted by atomic mass is 10.2. The number of halogens is 2. The fourth-order valence-electron chi connectivity index (χ4n) is 2.41. The third-order valence-electron chi connectivity index (χ3n) is 4.05. The van der Waals surface area contributed by atoms with Crippen molar-refractivity contribution in [2.24, 2.45) is 5.10 Å². The number of amides is 1. The van der Waals surface area contributed by atoms with E-state index in [2.05, 4.69) is 10.5 Å². The summed E-state index contributed by atoms with van der Waals surface area (Å²) in [5.74, 6) is 0.0191. The highest BCUT2D eigenvalue weighted by molar-refractivity contribution is 6.30. The standard InChI is InChI=1S/C23H18Cl2N2O4/c1-15(30-20-12-8-19(25)9-13-20)22(28)27-26-14-16-2-10-21(11-3-16)31-23(29)17-4-6-18(24)7-5-17/h2-15H,1H3,(H,27,28). The molecule has 0 fully saturated rings. The summed E-state index contributed by atoms with van der Waals surface area (Å²) < 4.78 is 10.8. The number of rotatable bonds is 7. The van der Waals surface area contributed by atoms with E-state index in [1.165, 1.54) is 6.21 Å². The largest absolute Gasteiger partial charge is 0.481 e. The molecule has 0 saturated heterocycles. The van der Waals surface area contributed by atoms with E-state index >= 15 is 0 Å². The minimum Gasteiger partial charge on any atom is -0.481 e. The number of hydrogen-bond donors (Lipinski definition) is 1. The second-order valence-corrected chi connectivity index (χ2v) is 7.29. The van der Waals surface area contributed by atoms with E-state index in [0.29, 0.717) is 32.7 Å². The minimum absolute atomic E-state index is 0.381. The van der Waals surface area contributed by atoms with E-state index in [1.807, 2.05) is 0 Å². The molecule has 3 rings (SSSR count). The second-order valence-electron chi connectivity index (χ2n) is 6.41. The lowest BCUT2D eigenvalue weighted by Gasteiger charge is -2.12. The average molecular weight is 457 g/mol. The highest BCUT2D eigenvalue weighted by atomic mass is 35.5. The summed E-state index contributed by atoms with van der Waals surface area (Å²) in [6.07, 6.45) is 0.727. The maximum Gasteiger partial charge on any atom is 0.343 e. The summed E-state index contributed by atoms with van der Waals surface area (Å²) in [7, 11) is 0. The van der Waals surface area contributed by atoms with Crippen molar-refractivity contribution in [1.29, 1.82) is 0 Å². The number of ether oxygens (including phenoxy) is 2. The Balaban J connectivity index is 1.49. The number of esters is 1. The molecule has 0 aromatic heterocycles. The van der Waals surface area contributed by atoms with Gasteiger partial charge in [-0.2, -0.15) is 5.10 Å². The maximum absolute atomic E-state index is 12.1. The number of carbonyl (C=O) groups excluding carboxylic acids is 2. The first-order valence-electron chi connectivity index (χ1n) is 9.23. The van der Waals surface area contributed by atoms with Crippen LogP contribution in [0, 0.1) is 0 Å². The van der Waals surface area contributed by atoms with Crippen molar-refractivity contribution >= 4 is 41.3 Å². The van der Waals surface area contributed by atoms with Gasteiger partial charge in [-0.05, 0) is 85.3 Å². The molecule has 3 aromatic rings. The molecule has 3 aromatic carbocycles. The molecule has 0 saturated carbocycles. The Morgan fingerprint density at radius 2 is 1.42 bits per heavy atom. The summed E-state index contributed by atoms with van der Waals surface area (Å²) in [5, 5.41) is 5.04. The molecule has 1 N–H and O–H groups in total. The van der Waals surface area contributed by atoms with Crippen molar-refractivity contribution in [3.05, 3.63) is 94.0 Å².